The highest BCUT2D eigenvalue weighted by molar-refractivity contribution is 7.07. The zero-order valence-corrected chi connectivity index (χ0v) is 14.1. The molecule has 23 heavy (non-hydrogen) atoms. The number of carbonyl (C=O) groups is 1. The Bertz CT molecular complexity index is 848. The van der Waals surface area contributed by atoms with Crippen LogP contribution in [0.15, 0.2) is 35.0 Å². The molecule has 1 aliphatic rings. The molecular weight excluding hydrogens is 304 g/mol. The molecule has 1 aromatic carbocycles. The van der Waals surface area contributed by atoms with Crippen molar-refractivity contribution in [3.8, 4) is 0 Å². The van der Waals surface area contributed by atoms with E-state index in [1.807, 2.05) is 18.5 Å². The van der Waals surface area contributed by atoms with Crippen molar-refractivity contribution in [1.29, 1.82) is 0 Å². The van der Waals surface area contributed by atoms with Crippen molar-refractivity contribution in [2.45, 2.75) is 32.2 Å². The molecule has 1 N–H and O–H groups in total. The predicted molar refractivity (Wildman–Crippen MR) is 95.1 cm³/mol. The number of aromatic nitrogens is 1. The van der Waals surface area contributed by atoms with Gasteiger partial charge in [-0.05, 0) is 71.8 Å². The first-order chi connectivity index (χ1) is 11.2. The van der Waals surface area contributed by atoms with Crippen molar-refractivity contribution in [3.63, 3.8) is 0 Å². The van der Waals surface area contributed by atoms with E-state index in [9.17, 15) is 4.79 Å². The first kappa shape index (κ1) is 14.5. The Morgan fingerprint density at radius 2 is 2.13 bits per heavy atom. The fourth-order valence-electron chi connectivity index (χ4n) is 3.49. The second-order valence-electron chi connectivity index (χ2n) is 6.34. The Balaban J connectivity index is 1.64. The van der Waals surface area contributed by atoms with Gasteiger partial charge in [0, 0.05) is 35.8 Å². The number of fused-ring (bicyclic) bond motifs is 3. The van der Waals surface area contributed by atoms with Gasteiger partial charge in [0.1, 0.15) is 0 Å². The summed E-state index contributed by atoms with van der Waals surface area (Å²) in [5.74, 6) is 0.0869. The van der Waals surface area contributed by atoms with Gasteiger partial charge in [0.15, 0.2) is 0 Å². The maximum absolute atomic E-state index is 12.7. The number of nitrogens with one attached hydrogen (secondary N) is 1. The maximum atomic E-state index is 12.7. The molecule has 4 rings (SSSR count). The van der Waals surface area contributed by atoms with E-state index < -0.39 is 0 Å². The zero-order chi connectivity index (χ0) is 15.8. The largest absolute Gasteiger partial charge is 0.358 e. The molecule has 4 heteroatoms. The fraction of sp³-hybridized carbons (Fsp3) is 0.316. The van der Waals surface area contributed by atoms with Gasteiger partial charge in [0.05, 0.1) is 0 Å². The van der Waals surface area contributed by atoms with Crippen LogP contribution in [0, 0.1) is 0 Å². The summed E-state index contributed by atoms with van der Waals surface area (Å²) in [5, 5.41) is 5.37. The van der Waals surface area contributed by atoms with Crippen LogP contribution in [0.5, 0.6) is 0 Å². The Labute approximate surface area is 139 Å². The Kier molecular flexibility index (Phi) is 3.69. The van der Waals surface area contributed by atoms with Crippen LogP contribution in [-0.2, 0) is 19.4 Å². The van der Waals surface area contributed by atoms with Gasteiger partial charge in [-0.25, -0.2) is 0 Å². The fourth-order valence-corrected chi connectivity index (χ4v) is 4.15. The monoisotopic (exact) mass is 324 g/mol. The molecular formula is C19H20N2OS. The number of H-pyrrole nitrogens is 1. The van der Waals surface area contributed by atoms with Crippen LogP contribution < -0.4 is 0 Å². The van der Waals surface area contributed by atoms with E-state index in [0.717, 1.165) is 23.9 Å². The van der Waals surface area contributed by atoms with Crippen LogP contribution in [-0.4, -0.2) is 22.8 Å². The highest BCUT2D eigenvalue weighted by Crippen LogP contribution is 2.30. The molecule has 1 aliphatic carbocycles. The van der Waals surface area contributed by atoms with Crippen LogP contribution in [0.3, 0.4) is 0 Å². The lowest BCUT2D eigenvalue weighted by Gasteiger charge is -2.17. The summed E-state index contributed by atoms with van der Waals surface area (Å²) in [6.45, 7) is 0.658. The van der Waals surface area contributed by atoms with Crippen molar-refractivity contribution in [1.82, 2.24) is 9.88 Å². The number of hydrogen-bond acceptors (Lipinski definition) is 2. The van der Waals surface area contributed by atoms with Crippen molar-refractivity contribution in [2.75, 3.05) is 7.05 Å². The second-order valence-corrected chi connectivity index (χ2v) is 7.12. The molecule has 0 atom stereocenters. The van der Waals surface area contributed by atoms with E-state index in [0.29, 0.717) is 6.54 Å². The number of amides is 1. The molecule has 2 aromatic heterocycles. The lowest BCUT2D eigenvalue weighted by atomic mass is 9.95. The highest BCUT2D eigenvalue weighted by Gasteiger charge is 2.18. The first-order valence-electron chi connectivity index (χ1n) is 8.12. The number of aryl methyl sites for hydroxylation is 2. The van der Waals surface area contributed by atoms with E-state index >= 15 is 0 Å². The second kappa shape index (κ2) is 5.85. The number of thiophene rings is 1. The van der Waals surface area contributed by atoms with Crippen LogP contribution in [0.1, 0.15) is 40.0 Å². The molecule has 0 saturated carbocycles. The van der Waals surface area contributed by atoms with E-state index in [1.165, 1.54) is 35.0 Å². The van der Waals surface area contributed by atoms with E-state index in [1.54, 1.807) is 16.2 Å². The van der Waals surface area contributed by atoms with E-state index in [4.69, 9.17) is 0 Å². The molecule has 0 bridgehead atoms. The lowest BCUT2D eigenvalue weighted by Crippen LogP contribution is -2.25. The SMILES string of the molecule is CN(Cc1ccsc1)C(=O)c1ccc2[nH]c3c(c2c1)CCCC3. The van der Waals surface area contributed by atoms with Crippen LogP contribution in [0.25, 0.3) is 10.9 Å². The van der Waals surface area contributed by atoms with Gasteiger partial charge >= 0.3 is 0 Å². The number of rotatable bonds is 3. The normalized spacial score (nSPS) is 14.0. The summed E-state index contributed by atoms with van der Waals surface area (Å²) >= 11 is 1.67. The quantitative estimate of drug-likeness (QED) is 0.762. The lowest BCUT2D eigenvalue weighted by molar-refractivity contribution is 0.0785. The van der Waals surface area contributed by atoms with Gasteiger partial charge < -0.3 is 9.88 Å². The van der Waals surface area contributed by atoms with Crippen LogP contribution >= 0.6 is 11.3 Å². The highest BCUT2D eigenvalue weighted by atomic mass is 32.1. The van der Waals surface area contributed by atoms with Crippen molar-refractivity contribution in [3.05, 3.63) is 57.4 Å². The van der Waals surface area contributed by atoms with Crippen molar-refractivity contribution >= 4 is 28.1 Å². The Hall–Kier alpha value is -2.07. The number of carbonyl (C=O) groups excluding carboxylic acids is 1. The Morgan fingerprint density at radius 3 is 2.96 bits per heavy atom. The number of hydrogen-bond donors (Lipinski definition) is 1. The molecule has 3 aromatic rings. The van der Waals surface area contributed by atoms with Crippen LogP contribution in [0.2, 0.25) is 0 Å². The van der Waals surface area contributed by atoms with Gasteiger partial charge in [-0.1, -0.05) is 0 Å². The smallest absolute Gasteiger partial charge is 0.253 e. The zero-order valence-electron chi connectivity index (χ0n) is 13.3. The number of aromatic amines is 1. The molecule has 0 saturated heterocycles. The van der Waals surface area contributed by atoms with Crippen molar-refractivity contribution in [2.24, 2.45) is 0 Å². The summed E-state index contributed by atoms with van der Waals surface area (Å²) in [5.41, 5.74) is 5.91. The van der Waals surface area contributed by atoms with Crippen LogP contribution in [0.4, 0.5) is 0 Å². The standard InChI is InChI=1S/C19H20N2OS/c1-21(11-13-8-9-23-12-13)19(22)14-6-7-18-16(10-14)15-4-2-3-5-17(15)20-18/h6-10,12,20H,2-5,11H2,1H3. The minimum absolute atomic E-state index is 0.0869. The van der Waals surface area contributed by atoms with Crippen molar-refractivity contribution < 1.29 is 4.79 Å². The number of benzene rings is 1. The summed E-state index contributed by atoms with van der Waals surface area (Å²) in [4.78, 5) is 18.0. The summed E-state index contributed by atoms with van der Waals surface area (Å²) in [6, 6.07) is 8.14. The van der Waals surface area contributed by atoms with Gasteiger partial charge in [-0.15, -0.1) is 0 Å². The minimum atomic E-state index is 0.0869. The Morgan fingerprint density at radius 1 is 1.26 bits per heavy atom. The van der Waals surface area contributed by atoms with Gasteiger partial charge in [0.25, 0.3) is 5.91 Å². The summed E-state index contributed by atoms with van der Waals surface area (Å²) in [7, 11) is 1.87. The third-order valence-electron chi connectivity index (χ3n) is 4.69. The van der Waals surface area contributed by atoms with Gasteiger partial charge in [0.2, 0.25) is 0 Å². The molecule has 2 heterocycles. The molecule has 0 unspecified atom stereocenters. The third-order valence-corrected chi connectivity index (χ3v) is 5.42. The third kappa shape index (κ3) is 2.68. The minimum Gasteiger partial charge on any atom is -0.358 e. The summed E-state index contributed by atoms with van der Waals surface area (Å²) in [6.07, 6.45) is 4.76. The molecule has 3 nitrogen and oxygen atoms in total. The molecule has 0 aliphatic heterocycles. The topological polar surface area (TPSA) is 36.1 Å². The van der Waals surface area contributed by atoms with Gasteiger partial charge in [-0.3, -0.25) is 4.79 Å². The average molecular weight is 324 g/mol. The predicted octanol–water partition coefficient (Wildman–Crippen LogP) is 4.38. The first-order valence-corrected chi connectivity index (χ1v) is 9.06. The molecule has 118 valence electrons. The average Bonchev–Trinajstić information content (AvgIpc) is 3.20. The molecule has 0 radical (unpaired) electrons. The maximum Gasteiger partial charge on any atom is 0.253 e. The number of nitrogens with zero attached hydrogens (tertiary/aromatic N) is 1. The van der Waals surface area contributed by atoms with E-state index in [-0.39, 0.29) is 5.91 Å². The molecule has 0 spiro atoms. The molecule has 1 amide bonds. The molecule has 0 fully saturated rings. The van der Waals surface area contributed by atoms with E-state index in [2.05, 4.69) is 28.6 Å². The van der Waals surface area contributed by atoms with Gasteiger partial charge in [-0.2, -0.15) is 11.3 Å². The summed E-state index contributed by atoms with van der Waals surface area (Å²) < 4.78 is 0.